The highest BCUT2D eigenvalue weighted by Crippen LogP contribution is 2.28. The van der Waals surface area contributed by atoms with Crippen molar-refractivity contribution in [1.82, 2.24) is 9.80 Å². The molecular weight excluding hydrogens is 359 g/mol. The molecule has 0 aromatic heterocycles. The van der Waals surface area contributed by atoms with Gasteiger partial charge in [-0.3, -0.25) is 4.79 Å². The van der Waals surface area contributed by atoms with Gasteiger partial charge >= 0.3 is 0 Å². The zero-order valence-electron chi connectivity index (χ0n) is 12.9. The first kappa shape index (κ1) is 16.1. The molecule has 0 radical (unpaired) electrons. The number of nitrogens with zero attached hydrogens (tertiary/aromatic N) is 2. The normalized spacial score (nSPS) is 18.9. The van der Waals surface area contributed by atoms with Gasteiger partial charge in [-0.15, -0.1) is 0 Å². The van der Waals surface area contributed by atoms with Gasteiger partial charge in [0.1, 0.15) is 5.82 Å². The number of halogens is 2. The van der Waals surface area contributed by atoms with Crippen LogP contribution in [0.1, 0.15) is 22.0 Å². The van der Waals surface area contributed by atoms with Crippen LogP contribution in [0.2, 0.25) is 0 Å². The molecule has 0 unspecified atom stereocenters. The standard InChI is InChI=1S/C18H18BrFN2O/c1-21-9-10-22(17(12-21)13-5-3-2-4-6-13)18(23)15-11-14(20)7-8-16(15)19/h2-8,11,17H,9-10,12H2,1H3/t17-/m1/s1. The fourth-order valence-corrected chi connectivity index (χ4v) is 3.36. The van der Waals surface area contributed by atoms with Crippen LogP contribution in [0.15, 0.2) is 53.0 Å². The van der Waals surface area contributed by atoms with Crippen molar-refractivity contribution < 1.29 is 9.18 Å². The van der Waals surface area contributed by atoms with Crippen LogP contribution in [0.5, 0.6) is 0 Å². The lowest BCUT2D eigenvalue weighted by atomic mass is 10.0. The van der Waals surface area contributed by atoms with Crippen molar-refractivity contribution in [2.75, 3.05) is 26.7 Å². The first-order chi connectivity index (χ1) is 11.1. The number of rotatable bonds is 2. The van der Waals surface area contributed by atoms with Crippen LogP contribution < -0.4 is 0 Å². The molecule has 120 valence electrons. The SMILES string of the molecule is CN1CCN(C(=O)c2cc(F)ccc2Br)[C@@H](c2ccccc2)C1. The number of likely N-dealkylation sites (N-methyl/N-ethyl adjacent to an activating group) is 1. The van der Waals surface area contributed by atoms with Crippen molar-refractivity contribution in [3.8, 4) is 0 Å². The van der Waals surface area contributed by atoms with Crippen molar-refractivity contribution in [2.24, 2.45) is 0 Å². The van der Waals surface area contributed by atoms with Gasteiger partial charge in [0.15, 0.2) is 0 Å². The molecule has 2 aromatic carbocycles. The summed E-state index contributed by atoms with van der Waals surface area (Å²) in [6.07, 6.45) is 0. The fraction of sp³-hybridized carbons (Fsp3) is 0.278. The molecule has 2 aromatic rings. The average molecular weight is 377 g/mol. The zero-order chi connectivity index (χ0) is 16.4. The minimum absolute atomic E-state index is 0.0300. The molecule has 0 spiro atoms. The van der Waals surface area contributed by atoms with Gasteiger partial charge in [0.25, 0.3) is 5.91 Å². The molecule has 1 fully saturated rings. The van der Waals surface area contributed by atoms with Gasteiger partial charge in [0.05, 0.1) is 11.6 Å². The maximum absolute atomic E-state index is 13.6. The third kappa shape index (κ3) is 3.46. The molecule has 0 bridgehead atoms. The topological polar surface area (TPSA) is 23.6 Å². The van der Waals surface area contributed by atoms with Gasteiger partial charge in [0.2, 0.25) is 0 Å². The highest BCUT2D eigenvalue weighted by Gasteiger charge is 2.31. The van der Waals surface area contributed by atoms with E-state index in [4.69, 9.17) is 0 Å². The summed E-state index contributed by atoms with van der Waals surface area (Å²) in [4.78, 5) is 17.0. The predicted octanol–water partition coefficient (Wildman–Crippen LogP) is 3.72. The van der Waals surface area contributed by atoms with Crippen molar-refractivity contribution >= 4 is 21.8 Å². The Hall–Kier alpha value is -1.72. The zero-order valence-corrected chi connectivity index (χ0v) is 14.5. The summed E-state index contributed by atoms with van der Waals surface area (Å²) >= 11 is 3.36. The van der Waals surface area contributed by atoms with E-state index in [1.165, 1.54) is 12.1 Å². The highest BCUT2D eigenvalue weighted by molar-refractivity contribution is 9.10. The van der Waals surface area contributed by atoms with E-state index in [0.717, 1.165) is 18.7 Å². The van der Waals surface area contributed by atoms with Gasteiger partial charge in [-0.25, -0.2) is 4.39 Å². The predicted molar refractivity (Wildman–Crippen MR) is 91.8 cm³/mol. The van der Waals surface area contributed by atoms with Crippen molar-refractivity contribution in [1.29, 1.82) is 0 Å². The van der Waals surface area contributed by atoms with Gasteiger partial charge in [-0.05, 0) is 46.7 Å². The number of benzene rings is 2. The van der Waals surface area contributed by atoms with E-state index in [2.05, 4.69) is 27.9 Å². The molecule has 3 rings (SSSR count). The molecule has 5 heteroatoms. The Bertz CT molecular complexity index is 707. The molecule has 1 aliphatic rings. The van der Waals surface area contributed by atoms with Gasteiger partial charge in [-0.2, -0.15) is 0 Å². The van der Waals surface area contributed by atoms with Crippen LogP contribution in [-0.4, -0.2) is 42.4 Å². The van der Waals surface area contributed by atoms with Crippen LogP contribution in [-0.2, 0) is 0 Å². The van der Waals surface area contributed by atoms with Crippen LogP contribution in [0.4, 0.5) is 4.39 Å². The Morgan fingerprint density at radius 3 is 2.65 bits per heavy atom. The van der Waals surface area contributed by atoms with Crippen LogP contribution in [0.3, 0.4) is 0 Å². The highest BCUT2D eigenvalue weighted by atomic mass is 79.9. The number of hydrogen-bond donors (Lipinski definition) is 0. The summed E-state index contributed by atoms with van der Waals surface area (Å²) in [7, 11) is 2.05. The largest absolute Gasteiger partial charge is 0.329 e. The summed E-state index contributed by atoms with van der Waals surface area (Å²) in [5.74, 6) is -0.541. The molecule has 1 saturated heterocycles. The van der Waals surface area contributed by atoms with E-state index in [1.807, 2.05) is 35.2 Å². The summed E-state index contributed by atoms with van der Waals surface area (Å²) in [6, 6.07) is 14.2. The lowest BCUT2D eigenvalue weighted by Gasteiger charge is -2.40. The minimum atomic E-state index is -0.401. The number of carbonyl (C=O) groups is 1. The molecule has 1 amide bonds. The maximum atomic E-state index is 13.6. The molecule has 0 N–H and O–H groups in total. The Morgan fingerprint density at radius 1 is 1.17 bits per heavy atom. The maximum Gasteiger partial charge on any atom is 0.255 e. The Morgan fingerprint density at radius 2 is 1.91 bits per heavy atom. The second-order valence-electron chi connectivity index (χ2n) is 5.81. The molecule has 1 heterocycles. The first-order valence-corrected chi connectivity index (χ1v) is 8.35. The van der Waals surface area contributed by atoms with E-state index in [9.17, 15) is 9.18 Å². The molecule has 1 aliphatic heterocycles. The third-order valence-electron chi connectivity index (χ3n) is 4.19. The fourth-order valence-electron chi connectivity index (χ4n) is 2.94. The minimum Gasteiger partial charge on any atom is -0.329 e. The molecule has 23 heavy (non-hydrogen) atoms. The lowest BCUT2D eigenvalue weighted by molar-refractivity contribution is 0.0496. The average Bonchev–Trinajstić information content (AvgIpc) is 2.57. The van der Waals surface area contributed by atoms with Crippen molar-refractivity contribution in [3.05, 3.63) is 69.9 Å². The van der Waals surface area contributed by atoms with Crippen LogP contribution in [0, 0.1) is 5.82 Å². The molecule has 0 aliphatic carbocycles. The number of piperazine rings is 1. The van der Waals surface area contributed by atoms with E-state index in [1.54, 1.807) is 6.07 Å². The van der Waals surface area contributed by atoms with E-state index in [0.29, 0.717) is 16.6 Å². The smallest absolute Gasteiger partial charge is 0.255 e. The molecule has 3 nitrogen and oxygen atoms in total. The van der Waals surface area contributed by atoms with E-state index >= 15 is 0 Å². The van der Waals surface area contributed by atoms with E-state index in [-0.39, 0.29) is 11.9 Å². The summed E-state index contributed by atoms with van der Waals surface area (Å²) in [6.45, 7) is 2.20. The van der Waals surface area contributed by atoms with Crippen LogP contribution in [0.25, 0.3) is 0 Å². The molecule has 0 saturated carbocycles. The second-order valence-corrected chi connectivity index (χ2v) is 6.67. The summed E-state index contributed by atoms with van der Waals surface area (Å²) in [5, 5.41) is 0. The van der Waals surface area contributed by atoms with Crippen molar-refractivity contribution in [2.45, 2.75) is 6.04 Å². The number of amides is 1. The van der Waals surface area contributed by atoms with Crippen LogP contribution >= 0.6 is 15.9 Å². The summed E-state index contributed by atoms with van der Waals surface area (Å²) in [5.41, 5.74) is 1.47. The third-order valence-corrected chi connectivity index (χ3v) is 4.88. The Balaban J connectivity index is 1.95. The number of carbonyl (C=O) groups excluding carboxylic acids is 1. The Kier molecular flexibility index (Phi) is 4.78. The van der Waals surface area contributed by atoms with Gasteiger partial charge in [-0.1, -0.05) is 30.3 Å². The van der Waals surface area contributed by atoms with Gasteiger partial charge < -0.3 is 9.80 Å². The second kappa shape index (κ2) is 6.81. The summed E-state index contributed by atoms with van der Waals surface area (Å²) < 4.78 is 14.2. The van der Waals surface area contributed by atoms with Gasteiger partial charge in [0, 0.05) is 24.1 Å². The molecular formula is C18H18BrFN2O. The number of hydrogen-bond acceptors (Lipinski definition) is 2. The lowest BCUT2D eigenvalue weighted by Crippen LogP contribution is -2.49. The Labute approximate surface area is 143 Å². The van der Waals surface area contributed by atoms with E-state index < -0.39 is 5.82 Å². The quantitative estimate of drug-likeness (QED) is 0.797. The monoisotopic (exact) mass is 376 g/mol. The van der Waals surface area contributed by atoms with Crippen molar-refractivity contribution in [3.63, 3.8) is 0 Å². The molecule has 1 atom stereocenters. The first-order valence-electron chi connectivity index (χ1n) is 7.56.